The van der Waals surface area contributed by atoms with Crippen LogP contribution in [-0.2, 0) is 5.41 Å². The maximum absolute atomic E-state index is 12.3. The molecule has 2 aromatic heterocycles. The van der Waals surface area contributed by atoms with Gasteiger partial charge in [-0.05, 0) is 35.6 Å². The number of hydrogen-bond donors (Lipinski definition) is 1. The summed E-state index contributed by atoms with van der Waals surface area (Å²) in [6, 6.07) is 6.02. The lowest BCUT2D eigenvalue weighted by molar-refractivity contribution is 0.102. The number of aryl methyl sites for hydroxylation is 1. The van der Waals surface area contributed by atoms with Crippen LogP contribution in [0.3, 0.4) is 0 Å². The first-order chi connectivity index (χ1) is 10.3. The van der Waals surface area contributed by atoms with Crippen LogP contribution < -0.4 is 5.32 Å². The molecule has 0 aliphatic carbocycles. The first kappa shape index (κ1) is 14.8. The standard InChI is InChI=1S/C17H19N3OS/c1-11-5-6-12(9-13(11)17(2,3)4)18-15(21)14-10-20-7-8-22-16(20)19-14/h5-10H,1-4H3,(H,18,21). The Morgan fingerprint density at radius 1 is 1.32 bits per heavy atom. The van der Waals surface area contributed by atoms with E-state index >= 15 is 0 Å². The van der Waals surface area contributed by atoms with Crippen LogP contribution in [0.15, 0.2) is 36.0 Å². The van der Waals surface area contributed by atoms with Crippen LogP contribution in [-0.4, -0.2) is 15.3 Å². The Bertz CT molecular complexity index is 811. The van der Waals surface area contributed by atoms with Gasteiger partial charge in [-0.25, -0.2) is 4.98 Å². The minimum atomic E-state index is -0.181. The van der Waals surface area contributed by atoms with Crippen LogP contribution in [0.5, 0.6) is 0 Å². The van der Waals surface area contributed by atoms with Crippen LogP contribution >= 0.6 is 11.3 Å². The van der Waals surface area contributed by atoms with Crippen LogP contribution in [0.4, 0.5) is 5.69 Å². The van der Waals surface area contributed by atoms with Gasteiger partial charge in [-0.1, -0.05) is 26.8 Å². The van der Waals surface area contributed by atoms with Crippen molar-refractivity contribution in [3.63, 3.8) is 0 Å². The summed E-state index contributed by atoms with van der Waals surface area (Å²) in [6.45, 7) is 8.61. The van der Waals surface area contributed by atoms with E-state index in [2.05, 4.69) is 38.0 Å². The van der Waals surface area contributed by atoms with Crippen molar-refractivity contribution >= 4 is 27.9 Å². The van der Waals surface area contributed by atoms with Gasteiger partial charge in [0, 0.05) is 23.5 Å². The van der Waals surface area contributed by atoms with Gasteiger partial charge in [-0.2, -0.15) is 0 Å². The van der Waals surface area contributed by atoms with E-state index < -0.39 is 0 Å². The summed E-state index contributed by atoms with van der Waals surface area (Å²) in [4.78, 5) is 17.5. The zero-order valence-corrected chi connectivity index (χ0v) is 14.0. The Morgan fingerprint density at radius 3 is 2.77 bits per heavy atom. The summed E-state index contributed by atoms with van der Waals surface area (Å²) in [5.74, 6) is -0.181. The maximum atomic E-state index is 12.3. The molecule has 0 saturated heterocycles. The molecule has 0 atom stereocenters. The van der Waals surface area contributed by atoms with Crippen LogP contribution in [0, 0.1) is 6.92 Å². The van der Waals surface area contributed by atoms with Crippen molar-refractivity contribution in [3.05, 3.63) is 52.8 Å². The SMILES string of the molecule is Cc1ccc(NC(=O)c2cn3ccsc3n2)cc1C(C)(C)C. The number of fused-ring (bicyclic) bond motifs is 1. The highest BCUT2D eigenvalue weighted by Crippen LogP contribution is 2.28. The first-order valence-corrected chi connectivity index (χ1v) is 8.07. The summed E-state index contributed by atoms with van der Waals surface area (Å²) in [5.41, 5.74) is 3.74. The topological polar surface area (TPSA) is 46.4 Å². The lowest BCUT2D eigenvalue weighted by Gasteiger charge is -2.22. The Balaban J connectivity index is 1.86. The van der Waals surface area contributed by atoms with Crippen molar-refractivity contribution in [2.75, 3.05) is 5.32 Å². The van der Waals surface area contributed by atoms with Gasteiger partial charge in [0.2, 0.25) is 0 Å². The van der Waals surface area contributed by atoms with Gasteiger partial charge in [0.05, 0.1) is 0 Å². The highest BCUT2D eigenvalue weighted by atomic mass is 32.1. The molecule has 0 fully saturated rings. The number of hydrogen-bond acceptors (Lipinski definition) is 3. The van der Waals surface area contributed by atoms with E-state index in [1.54, 1.807) is 6.20 Å². The fourth-order valence-electron chi connectivity index (χ4n) is 2.54. The minimum absolute atomic E-state index is 0.0435. The number of anilines is 1. The lowest BCUT2D eigenvalue weighted by Crippen LogP contribution is -2.16. The van der Waals surface area contributed by atoms with Gasteiger partial charge >= 0.3 is 0 Å². The van der Waals surface area contributed by atoms with Gasteiger partial charge in [-0.15, -0.1) is 11.3 Å². The predicted octanol–water partition coefficient (Wildman–Crippen LogP) is 4.25. The van der Waals surface area contributed by atoms with Gasteiger partial charge in [0.15, 0.2) is 4.96 Å². The Labute approximate surface area is 133 Å². The normalized spacial score (nSPS) is 11.8. The van der Waals surface area contributed by atoms with Crippen molar-refractivity contribution in [2.45, 2.75) is 33.1 Å². The largest absolute Gasteiger partial charge is 0.321 e. The number of imidazole rings is 1. The van der Waals surface area contributed by atoms with Crippen molar-refractivity contribution < 1.29 is 4.79 Å². The molecule has 1 amide bonds. The van der Waals surface area contributed by atoms with E-state index in [1.807, 2.05) is 34.2 Å². The average Bonchev–Trinajstić information content (AvgIpc) is 3.00. The summed E-state index contributed by atoms with van der Waals surface area (Å²) in [7, 11) is 0. The number of aromatic nitrogens is 2. The molecule has 1 N–H and O–H groups in total. The van der Waals surface area contributed by atoms with Crippen LogP contribution in [0.2, 0.25) is 0 Å². The molecule has 0 saturated carbocycles. The van der Waals surface area contributed by atoms with Gasteiger partial charge < -0.3 is 5.32 Å². The van der Waals surface area contributed by atoms with Crippen molar-refractivity contribution in [1.82, 2.24) is 9.38 Å². The van der Waals surface area contributed by atoms with Crippen molar-refractivity contribution in [3.8, 4) is 0 Å². The summed E-state index contributed by atoms with van der Waals surface area (Å²) in [6.07, 6.45) is 3.65. The van der Waals surface area contributed by atoms with Gasteiger partial charge in [0.1, 0.15) is 5.69 Å². The number of amides is 1. The molecule has 0 bridgehead atoms. The molecule has 3 aromatic rings. The number of carbonyl (C=O) groups excluding carboxylic acids is 1. The van der Waals surface area contributed by atoms with E-state index in [-0.39, 0.29) is 11.3 Å². The Hall–Kier alpha value is -2.14. The van der Waals surface area contributed by atoms with Crippen LogP contribution in [0.1, 0.15) is 42.4 Å². The second-order valence-corrected chi connectivity index (χ2v) is 7.33. The number of benzene rings is 1. The molecular weight excluding hydrogens is 294 g/mol. The fraction of sp³-hybridized carbons (Fsp3) is 0.294. The number of nitrogens with one attached hydrogen (secondary N) is 1. The number of nitrogens with zero attached hydrogens (tertiary/aromatic N) is 2. The minimum Gasteiger partial charge on any atom is -0.321 e. The zero-order chi connectivity index (χ0) is 15.9. The molecule has 4 nitrogen and oxygen atoms in total. The molecule has 1 aromatic carbocycles. The third-order valence-electron chi connectivity index (χ3n) is 3.63. The molecule has 22 heavy (non-hydrogen) atoms. The smallest absolute Gasteiger partial charge is 0.275 e. The number of rotatable bonds is 2. The monoisotopic (exact) mass is 313 g/mol. The van der Waals surface area contributed by atoms with Crippen molar-refractivity contribution in [2.24, 2.45) is 0 Å². The molecule has 0 spiro atoms. The molecule has 0 aliphatic rings. The second-order valence-electron chi connectivity index (χ2n) is 6.45. The number of carbonyl (C=O) groups is 1. The molecule has 3 rings (SSSR count). The highest BCUT2D eigenvalue weighted by molar-refractivity contribution is 7.15. The van der Waals surface area contributed by atoms with Gasteiger partial charge in [0.25, 0.3) is 5.91 Å². The van der Waals surface area contributed by atoms with Gasteiger partial charge in [-0.3, -0.25) is 9.20 Å². The molecule has 0 radical (unpaired) electrons. The maximum Gasteiger partial charge on any atom is 0.275 e. The quantitative estimate of drug-likeness (QED) is 0.768. The Morgan fingerprint density at radius 2 is 2.09 bits per heavy atom. The Kier molecular flexibility index (Phi) is 3.53. The third kappa shape index (κ3) is 2.76. The third-order valence-corrected chi connectivity index (χ3v) is 4.40. The fourth-order valence-corrected chi connectivity index (χ4v) is 3.24. The molecule has 114 valence electrons. The average molecular weight is 313 g/mol. The number of thiazole rings is 1. The van der Waals surface area contributed by atoms with E-state index in [4.69, 9.17) is 0 Å². The molecular formula is C17H19N3OS. The van der Waals surface area contributed by atoms with E-state index in [9.17, 15) is 4.79 Å². The molecule has 0 aliphatic heterocycles. The highest BCUT2D eigenvalue weighted by Gasteiger charge is 2.18. The van der Waals surface area contributed by atoms with E-state index in [0.717, 1.165) is 10.6 Å². The molecule has 5 heteroatoms. The van der Waals surface area contributed by atoms with E-state index in [1.165, 1.54) is 22.5 Å². The zero-order valence-electron chi connectivity index (χ0n) is 13.2. The van der Waals surface area contributed by atoms with Crippen molar-refractivity contribution in [1.29, 1.82) is 0 Å². The lowest BCUT2D eigenvalue weighted by atomic mass is 9.84. The summed E-state index contributed by atoms with van der Waals surface area (Å²) in [5, 5.41) is 4.88. The van der Waals surface area contributed by atoms with E-state index in [0.29, 0.717) is 5.69 Å². The molecule has 2 heterocycles. The predicted molar refractivity (Wildman–Crippen MR) is 90.9 cm³/mol. The van der Waals surface area contributed by atoms with Crippen LogP contribution in [0.25, 0.3) is 4.96 Å². The molecule has 0 unspecified atom stereocenters. The summed E-state index contributed by atoms with van der Waals surface area (Å²) < 4.78 is 1.86. The summed E-state index contributed by atoms with van der Waals surface area (Å²) >= 11 is 1.51. The first-order valence-electron chi connectivity index (χ1n) is 7.19. The second kappa shape index (κ2) is 5.25.